The van der Waals surface area contributed by atoms with E-state index < -0.39 is 17.3 Å². The Bertz CT molecular complexity index is 1210. The maximum Gasteiger partial charge on any atom is 0.270 e. The average Bonchev–Trinajstić information content (AvgIpc) is 3.49. The van der Waals surface area contributed by atoms with E-state index in [1.165, 1.54) is 21.5 Å². The van der Waals surface area contributed by atoms with Crippen molar-refractivity contribution in [3.63, 3.8) is 0 Å². The van der Waals surface area contributed by atoms with Gasteiger partial charge in [0.1, 0.15) is 11.5 Å². The van der Waals surface area contributed by atoms with Gasteiger partial charge in [-0.15, -0.1) is 5.10 Å². The molecule has 0 aromatic carbocycles. The van der Waals surface area contributed by atoms with Crippen molar-refractivity contribution in [1.29, 1.82) is 0 Å². The normalized spacial score (nSPS) is 17.9. The van der Waals surface area contributed by atoms with Crippen LogP contribution in [-0.4, -0.2) is 54.4 Å². The van der Waals surface area contributed by atoms with Crippen molar-refractivity contribution in [2.24, 2.45) is 5.41 Å². The highest BCUT2D eigenvalue weighted by atomic mass is 16.5. The quantitative estimate of drug-likeness (QED) is 0.525. The summed E-state index contributed by atoms with van der Waals surface area (Å²) in [6, 6.07) is 1.70. The number of nitrogens with zero attached hydrogens (tertiary/aromatic N) is 5. The minimum atomic E-state index is -0.582. The maximum atomic E-state index is 13.5. The van der Waals surface area contributed by atoms with Gasteiger partial charge in [0.15, 0.2) is 11.4 Å². The predicted octanol–water partition coefficient (Wildman–Crippen LogP) is 1.44. The number of aromatic nitrogens is 5. The fourth-order valence-corrected chi connectivity index (χ4v) is 3.96. The Balaban J connectivity index is 1.62. The van der Waals surface area contributed by atoms with Crippen molar-refractivity contribution in [2.45, 2.75) is 45.2 Å². The Morgan fingerprint density at radius 1 is 1.28 bits per heavy atom. The van der Waals surface area contributed by atoms with Crippen LogP contribution in [0.2, 0.25) is 0 Å². The SMILES string of the molecule is CC1(Cn2c(=O)c(C(=O)NC3CC3)c(O)n3nc(Nc4cnccn4)cc23)CCOCC1. The second-order valence-electron chi connectivity index (χ2n) is 8.78. The summed E-state index contributed by atoms with van der Waals surface area (Å²) in [6.07, 6.45) is 7.94. The Hall–Kier alpha value is -3.47. The molecule has 1 amide bonds. The highest BCUT2D eigenvalue weighted by Gasteiger charge is 2.33. The first kappa shape index (κ1) is 20.4. The van der Waals surface area contributed by atoms with Crippen molar-refractivity contribution in [3.8, 4) is 5.88 Å². The van der Waals surface area contributed by atoms with Crippen LogP contribution < -0.4 is 16.2 Å². The van der Waals surface area contributed by atoms with E-state index in [-0.39, 0.29) is 17.0 Å². The molecule has 0 radical (unpaired) electrons. The topological polar surface area (TPSA) is 136 Å². The van der Waals surface area contributed by atoms with Gasteiger partial charge in [-0.2, -0.15) is 4.52 Å². The molecule has 2 fully saturated rings. The monoisotopic (exact) mass is 439 g/mol. The molecule has 0 bridgehead atoms. The van der Waals surface area contributed by atoms with Crippen molar-refractivity contribution < 1.29 is 14.6 Å². The largest absolute Gasteiger partial charge is 0.492 e. The summed E-state index contributed by atoms with van der Waals surface area (Å²) >= 11 is 0. The van der Waals surface area contributed by atoms with E-state index in [9.17, 15) is 14.7 Å². The third-order valence-corrected chi connectivity index (χ3v) is 6.05. The molecule has 3 aromatic rings. The lowest BCUT2D eigenvalue weighted by Gasteiger charge is -2.34. The van der Waals surface area contributed by atoms with E-state index in [1.54, 1.807) is 12.3 Å². The van der Waals surface area contributed by atoms with Crippen LogP contribution in [0.25, 0.3) is 5.65 Å². The third-order valence-electron chi connectivity index (χ3n) is 6.05. The van der Waals surface area contributed by atoms with Crippen molar-refractivity contribution in [3.05, 3.63) is 40.6 Å². The zero-order valence-corrected chi connectivity index (χ0v) is 17.7. The molecule has 3 aromatic heterocycles. The van der Waals surface area contributed by atoms with Gasteiger partial charge in [0.25, 0.3) is 11.5 Å². The molecule has 0 atom stereocenters. The van der Waals surface area contributed by atoms with E-state index in [1.807, 2.05) is 0 Å². The number of nitrogens with one attached hydrogen (secondary N) is 2. The number of anilines is 2. The zero-order valence-electron chi connectivity index (χ0n) is 17.7. The van der Waals surface area contributed by atoms with Crippen molar-refractivity contribution in [2.75, 3.05) is 18.5 Å². The molecule has 2 aliphatic rings. The zero-order chi connectivity index (χ0) is 22.3. The van der Waals surface area contributed by atoms with E-state index >= 15 is 0 Å². The molecule has 0 spiro atoms. The van der Waals surface area contributed by atoms with Gasteiger partial charge in [-0.25, -0.2) is 4.98 Å². The Morgan fingerprint density at radius 2 is 2.06 bits per heavy atom. The third kappa shape index (κ3) is 3.91. The van der Waals surface area contributed by atoms with Crippen LogP contribution in [0.3, 0.4) is 0 Å². The van der Waals surface area contributed by atoms with Crippen LogP contribution in [0.15, 0.2) is 29.5 Å². The molecule has 1 aliphatic carbocycles. The van der Waals surface area contributed by atoms with Gasteiger partial charge in [0, 0.05) is 44.3 Å². The molecule has 11 nitrogen and oxygen atoms in total. The second kappa shape index (κ2) is 7.90. The first-order chi connectivity index (χ1) is 15.4. The summed E-state index contributed by atoms with van der Waals surface area (Å²) in [5.74, 6) is -0.233. The number of hydrogen-bond acceptors (Lipinski definition) is 8. The lowest BCUT2D eigenvalue weighted by Crippen LogP contribution is -2.39. The maximum absolute atomic E-state index is 13.5. The molecule has 0 unspecified atom stereocenters. The molecular formula is C21H25N7O4. The lowest BCUT2D eigenvalue weighted by molar-refractivity contribution is 0.0154. The van der Waals surface area contributed by atoms with Gasteiger partial charge < -0.3 is 20.5 Å². The summed E-state index contributed by atoms with van der Waals surface area (Å²) < 4.78 is 8.25. The number of fused-ring (bicyclic) bond motifs is 1. The molecule has 4 heterocycles. The van der Waals surface area contributed by atoms with Crippen molar-refractivity contribution in [1.82, 2.24) is 29.5 Å². The fraction of sp³-hybridized carbons (Fsp3) is 0.476. The molecule has 3 N–H and O–H groups in total. The molecule has 1 saturated heterocycles. The predicted molar refractivity (Wildman–Crippen MR) is 115 cm³/mol. The molecule has 1 aliphatic heterocycles. The first-order valence-corrected chi connectivity index (χ1v) is 10.7. The standard InChI is InChI=1S/C21H25N7O4/c1-21(4-8-32-9-5-21)12-27-16-10-14(25-15-11-22-6-7-23-15)26-28(16)20(31)17(19(27)30)18(29)24-13-2-3-13/h6-7,10-11,13,31H,2-5,8-9,12H2,1H3,(H,24,29)(H,23,25,26). The summed E-state index contributed by atoms with van der Waals surface area (Å²) in [6.45, 7) is 3.71. The van der Waals surface area contributed by atoms with Gasteiger partial charge in [-0.05, 0) is 31.1 Å². The fourth-order valence-electron chi connectivity index (χ4n) is 3.96. The number of amides is 1. The van der Waals surface area contributed by atoms with Crippen LogP contribution in [0, 0.1) is 5.41 Å². The molecule has 32 heavy (non-hydrogen) atoms. The molecule has 1 saturated carbocycles. The Labute approximate surface area is 183 Å². The number of ether oxygens (including phenoxy) is 1. The summed E-state index contributed by atoms with van der Waals surface area (Å²) in [4.78, 5) is 34.5. The number of carbonyl (C=O) groups is 1. The number of hydrogen-bond donors (Lipinski definition) is 3. The van der Waals surface area contributed by atoms with Gasteiger partial charge >= 0.3 is 0 Å². The van der Waals surface area contributed by atoms with E-state index in [0.717, 1.165) is 25.7 Å². The first-order valence-electron chi connectivity index (χ1n) is 10.7. The summed E-state index contributed by atoms with van der Waals surface area (Å²) in [7, 11) is 0. The lowest BCUT2D eigenvalue weighted by atomic mass is 9.82. The van der Waals surface area contributed by atoms with Gasteiger partial charge in [-0.1, -0.05) is 6.92 Å². The average molecular weight is 439 g/mol. The number of aromatic hydroxyl groups is 1. The molecule has 5 rings (SSSR count). The minimum Gasteiger partial charge on any atom is -0.492 e. The Morgan fingerprint density at radius 3 is 2.75 bits per heavy atom. The molecular weight excluding hydrogens is 414 g/mol. The highest BCUT2D eigenvalue weighted by Crippen LogP contribution is 2.33. The highest BCUT2D eigenvalue weighted by molar-refractivity contribution is 5.96. The summed E-state index contributed by atoms with van der Waals surface area (Å²) in [5, 5.41) is 21.1. The van der Waals surface area contributed by atoms with Crippen LogP contribution in [-0.2, 0) is 11.3 Å². The van der Waals surface area contributed by atoms with Gasteiger partial charge in [0.2, 0.25) is 5.88 Å². The van der Waals surface area contributed by atoms with Crippen molar-refractivity contribution >= 4 is 23.2 Å². The number of carbonyl (C=O) groups excluding carboxylic acids is 1. The van der Waals surface area contributed by atoms with Crippen LogP contribution in [0.5, 0.6) is 5.88 Å². The van der Waals surface area contributed by atoms with E-state index in [4.69, 9.17) is 4.74 Å². The van der Waals surface area contributed by atoms with E-state index in [2.05, 4.69) is 32.6 Å². The minimum absolute atomic E-state index is 0.0463. The van der Waals surface area contributed by atoms with E-state index in [0.29, 0.717) is 37.0 Å². The smallest absolute Gasteiger partial charge is 0.270 e. The van der Waals surface area contributed by atoms with Gasteiger partial charge in [0.05, 0.1) is 6.20 Å². The Kier molecular flexibility index (Phi) is 5.04. The second-order valence-corrected chi connectivity index (χ2v) is 8.78. The van der Waals surface area contributed by atoms with Crippen LogP contribution in [0.4, 0.5) is 11.6 Å². The van der Waals surface area contributed by atoms with Gasteiger partial charge in [-0.3, -0.25) is 19.1 Å². The summed E-state index contributed by atoms with van der Waals surface area (Å²) in [5.41, 5.74) is -0.636. The molecule has 11 heteroatoms. The van der Waals surface area contributed by atoms with Crippen LogP contribution >= 0.6 is 0 Å². The number of rotatable bonds is 6. The molecule has 168 valence electrons. The van der Waals surface area contributed by atoms with Crippen LogP contribution in [0.1, 0.15) is 43.0 Å².